The van der Waals surface area contributed by atoms with Gasteiger partial charge in [-0.1, -0.05) is 0 Å². The lowest BCUT2D eigenvalue weighted by Crippen LogP contribution is -2.29. The van der Waals surface area contributed by atoms with Gasteiger partial charge in [-0.05, 0) is 42.0 Å². The van der Waals surface area contributed by atoms with Crippen molar-refractivity contribution in [2.75, 3.05) is 30.4 Å². The van der Waals surface area contributed by atoms with Crippen molar-refractivity contribution in [2.24, 2.45) is 0 Å². The molecule has 174 valence electrons. The highest BCUT2D eigenvalue weighted by Gasteiger charge is 2.46. The van der Waals surface area contributed by atoms with Crippen molar-refractivity contribution in [1.29, 1.82) is 0 Å². The van der Waals surface area contributed by atoms with Crippen molar-refractivity contribution < 1.29 is 30.0 Å². The number of nitrogens with zero attached hydrogens (tertiary/aromatic N) is 4. The molecule has 0 bridgehead atoms. The molecule has 0 fully saturated rings. The Balaban J connectivity index is 1.66. The Morgan fingerprint density at radius 2 is 1.72 bits per heavy atom. The summed E-state index contributed by atoms with van der Waals surface area (Å²) in [6.07, 6.45) is 4.93. The molecule has 0 unspecified atom stereocenters. The number of sulfone groups is 1. The van der Waals surface area contributed by atoms with E-state index in [0.717, 1.165) is 22.0 Å². The zero-order valence-electron chi connectivity index (χ0n) is 17.0. The summed E-state index contributed by atoms with van der Waals surface area (Å²) in [7, 11) is -6.31. The van der Waals surface area contributed by atoms with Crippen LogP contribution in [0, 0.1) is 0 Å². The summed E-state index contributed by atoms with van der Waals surface area (Å²) in [5.74, 6) is 0.165. The Hall–Kier alpha value is -2.84. The van der Waals surface area contributed by atoms with Crippen molar-refractivity contribution in [3.05, 3.63) is 60.6 Å². The Morgan fingerprint density at radius 1 is 1.06 bits per heavy atom. The molecule has 14 heteroatoms. The number of rotatable bonds is 7. The van der Waals surface area contributed by atoms with Crippen molar-refractivity contribution in [3.63, 3.8) is 0 Å². The van der Waals surface area contributed by atoms with Gasteiger partial charge in [-0.25, -0.2) is 13.4 Å². The zero-order valence-corrected chi connectivity index (χ0v) is 18.6. The van der Waals surface area contributed by atoms with Gasteiger partial charge in [0, 0.05) is 44.9 Å². The van der Waals surface area contributed by atoms with Crippen molar-refractivity contribution in [2.45, 2.75) is 16.9 Å². The summed E-state index contributed by atoms with van der Waals surface area (Å²) >= 11 is 0. The highest BCUT2D eigenvalue weighted by atomic mass is 32.2. The zero-order chi connectivity index (χ0) is 23.7. The van der Waals surface area contributed by atoms with Gasteiger partial charge in [0.15, 0.2) is 0 Å². The van der Waals surface area contributed by atoms with Crippen molar-refractivity contribution in [1.82, 2.24) is 14.2 Å². The minimum atomic E-state index is -5.40. The van der Waals surface area contributed by atoms with Crippen LogP contribution in [0.5, 0.6) is 0 Å². The first-order valence-corrected chi connectivity index (χ1v) is 12.0. The summed E-state index contributed by atoms with van der Waals surface area (Å²) in [6.45, 7) is 0.763. The third kappa shape index (κ3) is 5.14. The van der Waals surface area contributed by atoms with Crippen LogP contribution in [0.3, 0.4) is 0 Å². The minimum Gasteiger partial charge on any atom is -0.354 e. The van der Waals surface area contributed by atoms with Crippen LogP contribution in [-0.4, -0.2) is 57.3 Å². The number of pyridine rings is 1. The molecule has 1 aromatic carbocycles. The quantitative estimate of drug-likeness (QED) is 0.634. The van der Waals surface area contributed by atoms with Crippen LogP contribution >= 0.6 is 0 Å². The summed E-state index contributed by atoms with van der Waals surface area (Å²) < 4.78 is 88.3. The second-order valence-electron chi connectivity index (χ2n) is 7.04. The van der Waals surface area contributed by atoms with E-state index in [9.17, 15) is 30.0 Å². The molecule has 0 radical (unpaired) electrons. The molecule has 0 aliphatic carbocycles. The van der Waals surface area contributed by atoms with Crippen LogP contribution in [0.15, 0.2) is 59.9 Å². The first-order valence-electron chi connectivity index (χ1n) is 9.05. The number of anilines is 2. The molecule has 1 aromatic heterocycles. The second-order valence-corrected chi connectivity index (χ2v) is 10.9. The maximum absolute atomic E-state index is 12.7. The summed E-state index contributed by atoms with van der Waals surface area (Å²) in [5.41, 5.74) is -4.07. The van der Waals surface area contributed by atoms with Crippen LogP contribution < -0.4 is 9.62 Å². The molecule has 0 spiro atoms. The van der Waals surface area contributed by atoms with E-state index in [-0.39, 0.29) is 5.82 Å². The normalized spacial score (nSPS) is 14.9. The third-order valence-corrected chi connectivity index (χ3v) is 7.43. The number of halogens is 3. The lowest BCUT2D eigenvalue weighted by atomic mass is 10.2. The minimum absolute atomic E-state index is 0.165. The van der Waals surface area contributed by atoms with Gasteiger partial charge in [0.05, 0.1) is 11.6 Å². The predicted molar refractivity (Wildman–Crippen MR) is 112 cm³/mol. The van der Waals surface area contributed by atoms with Gasteiger partial charge >= 0.3 is 15.7 Å². The van der Waals surface area contributed by atoms with Crippen LogP contribution in [0.1, 0.15) is 5.56 Å². The van der Waals surface area contributed by atoms with Crippen LogP contribution in [-0.2, 0) is 26.6 Å². The lowest BCUT2D eigenvalue weighted by Gasteiger charge is -2.22. The maximum atomic E-state index is 12.7. The summed E-state index contributed by atoms with van der Waals surface area (Å²) in [4.78, 5) is 6.77. The molecule has 32 heavy (non-hydrogen) atoms. The first-order chi connectivity index (χ1) is 14.8. The van der Waals surface area contributed by atoms with E-state index in [4.69, 9.17) is 0 Å². The van der Waals surface area contributed by atoms with Gasteiger partial charge in [0.1, 0.15) is 5.82 Å². The van der Waals surface area contributed by atoms with E-state index < -0.39 is 30.5 Å². The first kappa shape index (κ1) is 23.8. The molecule has 1 N–H and O–H groups in total. The Bertz CT molecular complexity index is 1210. The Labute approximate surface area is 183 Å². The SMILES string of the molecule is CN(C)S(=O)(=O)Nc1cc(CN2C=CN(c3ccc(S(=O)(=O)C(F)(F)F)cc3)C2)ccn1. The molecular weight excluding hydrogens is 471 g/mol. The molecule has 2 heterocycles. The number of hydrogen-bond acceptors (Lipinski definition) is 7. The molecule has 1 aliphatic rings. The Kier molecular flexibility index (Phi) is 6.40. The van der Waals surface area contributed by atoms with Gasteiger partial charge in [-0.15, -0.1) is 0 Å². The average Bonchev–Trinajstić information content (AvgIpc) is 3.15. The van der Waals surface area contributed by atoms with Gasteiger partial charge in [0.2, 0.25) is 0 Å². The van der Waals surface area contributed by atoms with E-state index in [1.165, 1.54) is 32.4 Å². The topological polar surface area (TPSA) is 103 Å². The largest absolute Gasteiger partial charge is 0.501 e. The van der Waals surface area contributed by atoms with Crippen molar-refractivity contribution in [3.8, 4) is 0 Å². The second kappa shape index (κ2) is 8.60. The molecular formula is C18H20F3N5O4S2. The summed E-state index contributed by atoms with van der Waals surface area (Å²) in [6, 6.07) is 7.75. The molecule has 0 saturated carbocycles. The standard InChI is InChI=1S/C18H20F3N5O4S2/c1-24(2)32(29,30)23-17-11-14(7-8-22-17)12-25-9-10-26(13-25)15-3-5-16(6-4-15)31(27,28)18(19,20)21/h3-11H,12-13H2,1-2H3,(H,22,23). The molecule has 2 aromatic rings. The van der Waals surface area contributed by atoms with E-state index in [1.807, 2.05) is 4.90 Å². The van der Waals surface area contributed by atoms with Crippen LogP contribution in [0.25, 0.3) is 0 Å². The molecule has 1 aliphatic heterocycles. The number of alkyl halides is 3. The average molecular weight is 492 g/mol. The molecule has 0 saturated heterocycles. The Morgan fingerprint density at radius 3 is 2.31 bits per heavy atom. The summed E-state index contributed by atoms with van der Waals surface area (Å²) in [5, 5.41) is 0. The lowest BCUT2D eigenvalue weighted by molar-refractivity contribution is -0.0436. The predicted octanol–water partition coefficient (Wildman–Crippen LogP) is 2.34. The van der Waals surface area contributed by atoms with Crippen LogP contribution in [0.4, 0.5) is 24.7 Å². The number of benzene rings is 1. The number of hydrogen-bond donors (Lipinski definition) is 1. The smallest absolute Gasteiger partial charge is 0.354 e. The van der Waals surface area contributed by atoms with Crippen LogP contribution in [0.2, 0.25) is 0 Å². The van der Waals surface area contributed by atoms with Gasteiger partial charge < -0.3 is 9.80 Å². The van der Waals surface area contributed by atoms with Gasteiger partial charge in [-0.2, -0.15) is 25.9 Å². The van der Waals surface area contributed by atoms with E-state index >= 15 is 0 Å². The monoisotopic (exact) mass is 491 g/mol. The van der Waals surface area contributed by atoms with Gasteiger partial charge in [0.25, 0.3) is 9.84 Å². The van der Waals surface area contributed by atoms with Crippen molar-refractivity contribution >= 4 is 31.6 Å². The fraction of sp³-hybridized carbons (Fsp3) is 0.278. The third-order valence-electron chi connectivity index (χ3n) is 4.50. The maximum Gasteiger partial charge on any atom is 0.501 e. The molecule has 3 rings (SSSR count). The number of aromatic nitrogens is 1. The van der Waals surface area contributed by atoms with E-state index in [1.54, 1.807) is 29.4 Å². The van der Waals surface area contributed by atoms with Gasteiger partial charge in [-0.3, -0.25) is 4.72 Å². The molecule has 0 amide bonds. The molecule has 0 atom stereocenters. The molecule has 9 nitrogen and oxygen atoms in total. The van der Waals surface area contributed by atoms with E-state index in [0.29, 0.717) is 18.9 Å². The fourth-order valence-electron chi connectivity index (χ4n) is 2.77. The van der Waals surface area contributed by atoms with E-state index in [2.05, 4.69) is 9.71 Å². The highest BCUT2D eigenvalue weighted by molar-refractivity contribution is 7.92. The fourth-order valence-corrected chi connectivity index (χ4v) is 4.09. The highest BCUT2D eigenvalue weighted by Crippen LogP contribution is 2.31. The number of nitrogens with one attached hydrogen (secondary N) is 1.